The van der Waals surface area contributed by atoms with Crippen LogP contribution in [0.2, 0.25) is 0 Å². The van der Waals surface area contributed by atoms with Gasteiger partial charge in [0.2, 0.25) is 5.91 Å². The second-order valence-electron chi connectivity index (χ2n) is 6.58. The zero-order valence-corrected chi connectivity index (χ0v) is 16.5. The van der Waals surface area contributed by atoms with Gasteiger partial charge in [-0.15, -0.1) is 0 Å². The predicted molar refractivity (Wildman–Crippen MR) is 109 cm³/mol. The molecule has 1 heterocycles. The second kappa shape index (κ2) is 9.28. The lowest BCUT2D eigenvalue weighted by Gasteiger charge is -2.17. The highest BCUT2D eigenvalue weighted by Gasteiger charge is 2.15. The number of ether oxygens (including phenoxy) is 3. The highest BCUT2D eigenvalue weighted by molar-refractivity contribution is 5.89. The molecule has 0 saturated heterocycles. The molecule has 28 heavy (non-hydrogen) atoms. The maximum atomic E-state index is 12.5. The smallest absolute Gasteiger partial charge is 0.224 e. The molecule has 2 aromatic carbocycles. The molecule has 1 atom stereocenters. The number of carbonyl (C=O) groups is 1. The molecule has 148 valence electrons. The van der Waals surface area contributed by atoms with E-state index in [9.17, 15) is 4.79 Å². The minimum Gasteiger partial charge on any atom is -0.493 e. The molecule has 2 N–H and O–H groups in total. The van der Waals surface area contributed by atoms with E-state index in [1.165, 1.54) is 0 Å². The van der Waals surface area contributed by atoms with Crippen molar-refractivity contribution in [1.29, 1.82) is 0 Å². The summed E-state index contributed by atoms with van der Waals surface area (Å²) in [5, 5.41) is 4.13. The van der Waals surface area contributed by atoms with Gasteiger partial charge in [0, 0.05) is 24.2 Å². The normalized spacial score (nSPS) is 12.0. The molecule has 0 fully saturated rings. The third-order valence-corrected chi connectivity index (χ3v) is 4.64. The Balaban J connectivity index is 1.64. The first-order chi connectivity index (χ1) is 13.6. The first kappa shape index (κ1) is 19.8. The molecule has 6 heteroatoms. The average Bonchev–Trinajstić information content (AvgIpc) is 3.11. The van der Waals surface area contributed by atoms with Crippen molar-refractivity contribution in [1.82, 2.24) is 10.3 Å². The Morgan fingerprint density at radius 2 is 1.93 bits per heavy atom. The summed E-state index contributed by atoms with van der Waals surface area (Å²) in [6.45, 7) is 2.90. The summed E-state index contributed by atoms with van der Waals surface area (Å²) in [5.74, 6) is 1.25. The van der Waals surface area contributed by atoms with E-state index in [1.807, 2.05) is 55.6 Å². The number of hydrogen-bond donors (Lipinski definition) is 2. The van der Waals surface area contributed by atoms with Gasteiger partial charge >= 0.3 is 0 Å². The molecule has 0 aliphatic rings. The standard InChI is InChI=1S/C22H26N2O4/c1-15(16-8-9-20(21(12-16)27-3)28-11-10-26-2)24-22(25)13-17-14-23-19-7-5-4-6-18(17)19/h4-9,12,14-15,23H,10-11,13H2,1-3H3,(H,24,25)/t15-/m1/s1. The van der Waals surface area contributed by atoms with Crippen LogP contribution in [-0.2, 0) is 16.0 Å². The first-order valence-electron chi connectivity index (χ1n) is 9.26. The third-order valence-electron chi connectivity index (χ3n) is 4.64. The summed E-state index contributed by atoms with van der Waals surface area (Å²) < 4.78 is 16.1. The minimum atomic E-state index is -0.153. The maximum absolute atomic E-state index is 12.5. The van der Waals surface area contributed by atoms with Crippen LogP contribution in [0.4, 0.5) is 0 Å². The second-order valence-corrected chi connectivity index (χ2v) is 6.58. The number of benzene rings is 2. The molecular weight excluding hydrogens is 356 g/mol. The van der Waals surface area contributed by atoms with Gasteiger partial charge < -0.3 is 24.5 Å². The summed E-state index contributed by atoms with van der Waals surface area (Å²) in [7, 11) is 3.23. The molecule has 1 aromatic heterocycles. The zero-order chi connectivity index (χ0) is 19.9. The molecule has 0 bridgehead atoms. The number of fused-ring (bicyclic) bond motifs is 1. The first-order valence-corrected chi connectivity index (χ1v) is 9.26. The van der Waals surface area contributed by atoms with E-state index in [0.29, 0.717) is 31.1 Å². The Morgan fingerprint density at radius 3 is 2.71 bits per heavy atom. The lowest BCUT2D eigenvalue weighted by molar-refractivity contribution is -0.121. The van der Waals surface area contributed by atoms with Crippen molar-refractivity contribution in [3.63, 3.8) is 0 Å². The number of amides is 1. The Kier molecular flexibility index (Phi) is 6.55. The topological polar surface area (TPSA) is 72.6 Å². The fourth-order valence-electron chi connectivity index (χ4n) is 3.13. The molecule has 1 amide bonds. The van der Waals surface area contributed by atoms with Crippen LogP contribution in [0, 0.1) is 0 Å². The molecule has 6 nitrogen and oxygen atoms in total. The van der Waals surface area contributed by atoms with Gasteiger partial charge in [-0.3, -0.25) is 4.79 Å². The van der Waals surface area contributed by atoms with Gasteiger partial charge in [-0.1, -0.05) is 24.3 Å². The van der Waals surface area contributed by atoms with Crippen LogP contribution in [0.1, 0.15) is 24.1 Å². The summed E-state index contributed by atoms with van der Waals surface area (Å²) >= 11 is 0. The van der Waals surface area contributed by atoms with Crippen LogP contribution in [0.3, 0.4) is 0 Å². The largest absolute Gasteiger partial charge is 0.493 e. The molecule has 0 radical (unpaired) electrons. The maximum Gasteiger partial charge on any atom is 0.224 e. The zero-order valence-electron chi connectivity index (χ0n) is 16.5. The van der Waals surface area contributed by atoms with Crippen molar-refractivity contribution < 1.29 is 19.0 Å². The van der Waals surface area contributed by atoms with Gasteiger partial charge in [0.05, 0.1) is 26.2 Å². The number of rotatable bonds is 9. The Bertz CT molecular complexity index is 935. The van der Waals surface area contributed by atoms with E-state index < -0.39 is 0 Å². The summed E-state index contributed by atoms with van der Waals surface area (Å²) in [5.41, 5.74) is 2.97. The number of methoxy groups -OCH3 is 2. The lowest BCUT2D eigenvalue weighted by Crippen LogP contribution is -2.28. The molecule has 0 unspecified atom stereocenters. The van der Waals surface area contributed by atoms with Crippen LogP contribution in [0.25, 0.3) is 10.9 Å². The molecule has 0 aliphatic carbocycles. The molecular formula is C22H26N2O4. The predicted octanol–water partition coefficient (Wildman–Crippen LogP) is 3.62. The Morgan fingerprint density at radius 1 is 1.11 bits per heavy atom. The van der Waals surface area contributed by atoms with Crippen LogP contribution in [0.15, 0.2) is 48.7 Å². The van der Waals surface area contributed by atoms with Gasteiger partial charge in [-0.25, -0.2) is 0 Å². The van der Waals surface area contributed by atoms with E-state index in [2.05, 4.69) is 10.3 Å². The van der Waals surface area contributed by atoms with Gasteiger partial charge in [0.25, 0.3) is 0 Å². The molecule has 0 aliphatic heterocycles. The highest BCUT2D eigenvalue weighted by atomic mass is 16.5. The third kappa shape index (κ3) is 4.64. The Labute approximate surface area is 164 Å². The van der Waals surface area contributed by atoms with E-state index in [0.717, 1.165) is 22.0 Å². The van der Waals surface area contributed by atoms with Gasteiger partial charge in [-0.05, 0) is 36.2 Å². The lowest BCUT2D eigenvalue weighted by atomic mass is 10.1. The molecule has 3 aromatic rings. The highest BCUT2D eigenvalue weighted by Crippen LogP contribution is 2.30. The van der Waals surface area contributed by atoms with E-state index >= 15 is 0 Å². The average molecular weight is 382 g/mol. The number of nitrogens with one attached hydrogen (secondary N) is 2. The van der Waals surface area contributed by atoms with Gasteiger partial charge in [0.15, 0.2) is 11.5 Å². The summed E-state index contributed by atoms with van der Waals surface area (Å²) in [6.07, 6.45) is 2.22. The number of hydrogen-bond acceptors (Lipinski definition) is 4. The molecule has 0 spiro atoms. The van der Waals surface area contributed by atoms with Crippen molar-refractivity contribution >= 4 is 16.8 Å². The van der Waals surface area contributed by atoms with Crippen molar-refractivity contribution in [2.45, 2.75) is 19.4 Å². The van der Waals surface area contributed by atoms with Crippen LogP contribution in [-0.4, -0.2) is 38.3 Å². The number of aromatic amines is 1. The fraction of sp³-hybridized carbons (Fsp3) is 0.318. The quantitative estimate of drug-likeness (QED) is 0.555. The van der Waals surface area contributed by atoms with Crippen molar-refractivity contribution in [2.24, 2.45) is 0 Å². The van der Waals surface area contributed by atoms with Crippen LogP contribution in [0.5, 0.6) is 11.5 Å². The number of para-hydroxylation sites is 1. The van der Waals surface area contributed by atoms with E-state index in [4.69, 9.17) is 14.2 Å². The SMILES string of the molecule is COCCOc1ccc([C@@H](C)NC(=O)Cc2c[nH]c3ccccc23)cc1OC. The number of carbonyl (C=O) groups excluding carboxylic acids is 1. The van der Waals surface area contributed by atoms with Crippen molar-refractivity contribution in [2.75, 3.05) is 27.4 Å². The summed E-state index contributed by atoms with van der Waals surface area (Å²) in [4.78, 5) is 15.7. The number of H-pyrrole nitrogens is 1. The monoisotopic (exact) mass is 382 g/mol. The van der Waals surface area contributed by atoms with Gasteiger partial charge in [-0.2, -0.15) is 0 Å². The van der Waals surface area contributed by atoms with Gasteiger partial charge in [0.1, 0.15) is 6.61 Å². The number of aromatic nitrogens is 1. The minimum absolute atomic E-state index is 0.0309. The van der Waals surface area contributed by atoms with Crippen LogP contribution < -0.4 is 14.8 Å². The fourth-order valence-corrected chi connectivity index (χ4v) is 3.13. The van der Waals surface area contributed by atoms with E-state index in [-0.39, 0.29) is 11.9 Å². The molecule has 3 rings (SSSR count). The van der Waals surface area contributed by atoms with Crippen LogP contribution >= 0.6 is 0 Å². The van der Waals surface area contributed by atoms with Crippen molar-refractivity contribution in [3.8, 4) is 11.5 Å². The molecule has 0 saturated carbocycles. The summed E-state index contributed by atoms with van der Waals surface area (Å²) in [6, 6.07) is 13.5. The van der Waals surface area contributed by atoms with Crippen molar-refractivity contribution in [3.05, 3.63) is 59.8 Å². The Hall–Kier alpha value is -2.99. The van der Waals surface area contributed by atoms with E-state index in [1.54, 1.807) is 14.2 Å².